The molecule has 1 aromatic carbocycles. The Kier molecular flexibility index (Phi) is 3.71. The zero-order valence-electron chi connectivity index (χ0n) is 12.0. The van der Waals surface area contributed by atoms with E-state index in [1.165, 1.54) is 48.5 Å². The SMILES string of the molecule is COc1ccc(-c2ccnn2-c2ncccc2[N+](=O)[O-])c(F)c1. The van der Waals surface area contributed by atoms with Crippen molar-refractivity contribution in [1.29, 1.82) is 0 Å². The van der Waals surface area contributed by atoms with E-state index in [0.29, 0.717) is 11.4 Å². The van der Waals surface area contributed by atoms with E-state index >= 15 is 0 Å². The Morgan fingerprint density at radius 3 is 2.78 bits per heavy atom. The van der Waals surface area contributed by atoms with Crippen LogP contribution in [-0.2, 0) is 0 Å². The van der Waals surface area contributed by atoms with Gasteiger partial charge in [0.2, 0.25) is 5.82 Å². The van der Waals surface area contributed by atoms with Gasteiger partial charge < -0.3 is 4.74 Å². The lowest BCUT2D eigenvalue weighted by molar-refractivity contribution is -0.384. The molecule has 3 rings (SSSR count). The summed E-state index contributed by atoms with van der Waals surface area (Å²) in [7, 11) is 1.44. The Bertz CT molecular complexity index is 879. The number of rotatable bonds is 4. The zero-order chi connectivity index (χ0) is 16.4. The number of pyridine rings is 1. The highest BCUT2D eigenvalue weighted by Gasteiger charge is 2.21. The molecule has 0 radical (unpaired) electrons. The molecular formula is C15H11FN4O3. The fourth-order valence-electron chi connectivity index (χ4n) is 2.20. The second-order valence-electron chi connectivity index (χ2n) is 4.58. The van der Waals surface area contributed by atoms with Crippen LogP contribution < -0.4 is 4.74 Å². The average molecular weight is 314 g/mol. The number of ether oxygens (including phenoxy) is 1. The molecule has 8 heteroatoms. The third kappa shape index (κ3) is 2.61. The summed E-state index contributed by atoms with van der Waals surface area (Å²) in [6, 6.07) is 8.69. The van der Waals surface area contributed by atoms with Gasteiger partial charge in [0.1, 0.15) is 11.6 Å². The number of methoxy groups -OCH3 is 1. The van der Waals surface area contributed by atoms with Crippen LogP contribution in [0, 0.1) is 15.9 Å². The molecule has 0 aliphatic rings. The normalized spacial score (nSPS) is 10.5. The van der Waals surface area contributed by atoms with Crippen molar-refractivity contribution < 1.29 is 14.1 Å². The van der Waals surface area contributed by atoms with Crippen LogP contribution in [0.15, 0.2) is 48.8 Å². The van der Waals surface area contributed by atoms with E-state index in [1.807, 2.05) is 0 Å². The van der Waals surface area contributed by atoms with Gasteiger partial charge in [-0.25, -0.2) is 14.1 Å². The maximum atomic E-state index is 14.3. The Balaban J connectivity index is 2.16. The van der Waals surface area contributed by atoms with Crippen LogP contribution >= 0.6 is 0 Å². The summed E-state index contributed by atoms with van der Waals surface area (Å²) in [6.45, 7) is 0. The maximum absolute atomic E-state index is 14.3. The number of hydrogen-bond donors (Lipinski definition) is 0. The quantitative estimate of drug-likeness (QED) is 0.546. The largest absolute Gasteiger partial charge is 0.497 e. The first-order chi connectivity index (χ1) is 11.1. The topological polar surface area (TPSA) is 83.1 Å². The Hall–Kier alpha value is -3.29. The van der Waals surface area contributed by atoms with Gasteiger partial charge in [-0.2, -0.15) is 5.10 Å². The highest BCUT2D eigenvalue weighted by Crippen LogP contribution is 2.29. The van der Waals surface area contributed by atoms with Crippen LogP contribution in [0.25, 0.3) is 17.1 Å². The lowest BCUT2D eigenvalue weighted by Crippen LogP contribution is -2.06. The predicted octanol–water partition coefficient (Wildman–Crippen LogP) is 2.99. The van der Waals surface area contributed by atoms with Gasteiger partial charge in [0.05, 0.1) is 23.9 Å². The van der Waals surface area contributed by atoms with Gasteiger partial charge >= 0.3 is 5.69 Å². The molecule has 0 N–H and O–H groups in total. The lowest BCUT2D eigenvalue weighted by Gasteiger charge is -2.09. The third-order valence-corrected chi connectivity index (χ3v) is 3.26. The van der Waals surface area contributed by atoms with Crippen LogP contribution in [0.5, 0.6) is 5.75 Å². The number of nitro groups is 1. The van der Waals surface area contributed by atoms with Gasteiger partial charge in [-0.3, -0.25) is 10.1 Å². The van der Waals surface area contributed by atoms with E-state index in [9.17, 15) is 14.5 Å². The summed E-state index contributed by atoms with van der Waals surface area (Å²) >= 11 is 0. The molecule has 23 heavy (non-hydrogen) atoms. The Labute approximate surface area is 130 Å². The highest BCUT2D eigenvalue weighted by molar-refractivity contribution is 5.64. The molecule has 0 atom stereocenters. The fraction of sp³-hybridized carbons (Fsp3) is 0.0667. The standard InChI is InChI=1S/C15H11FN4O3/c1-23-10-4-5-11(12(16)9-10)13-6-8-18-19(13)15-14(20(21)22)3-2-7-17-15/h2-9H,1H3. The monoisotopic (exact) mass is 314 g/mol. The molecule has 0 spiro atoms. The summed E-state index contributed by atoms with van der Waals surface area (Å²) in [5.74, 6) is -0.126. The molecule has 116 valence electrons. The number of benzene rings is 1. The number of halogens is 1. The second kappa shape index (κ2) is 5.84. The maximum Gasteiger partial charge on any atom is 0.313 e. The minimum atomic E-state index is -0.557. The van der Waals surface area contributed by atoms with Gasteiger partial charge in [-0.1, -0.05) is 0 Å². The first kappa shape index (κ1) is 14.6. The van der Waals surface area contributed by atoms with E-state index in [2.05, 4.69) is 10.1 Å². The molecule has 0 amide bonds. The van der Waals surface area contributed by atoms with Crippen molar-refractivity contribution in [1.82, 2.24) is 14.8 Å². The van der Waals surface area contributed by atoms with Crippen LogP contribution in [0.4, 0.5) is 10.1 Å². The van der Waals surface area contributed by atoms with Crippen molar-refractivity contribution in [3.63, 3.8) is 0 Å². The van der Waals surface area contributed by atoms with Gasteiger partial charge in [0, 0.05) is 23.9 Å². The number of nitrogens with zero attached hydrogens (tertiary/aromatic N) is 4. The Morgan fingerprint density at radius 1 is 1.26 bits per heavy atom. The van der Waals surface area contributed by atoms with Crippen LogP contribution in [-0.4, -0.2) is 26.8 Å². The number of aromatic nitrogens is 3. The van der Waals surface area contributed by atoms with Crippen LogP contribution in [0.3, 0.4) is 0 Å². The van der Waals surface area contributed by atoms with Crippen LogP contribution in [0.2, 0.25) is 0 Å². The van der Waals surface area contributed by atoms with Crippen molar-refractivity contribution in [3.05, 3.63) is 64.7 Å². The van der Waals surface area contributed by atoms with Gasteiger partial charge in [-0.05, 0) is 24.3 Å². The fourth-order valence-corrected chi connectivity index (χ4v) is 2.20. The molecule has 2 heterocycles. The first-order valence-corrected chi connectivity index (χ1v) is 6.59. The molecule has 0 unspecified atom stereocenters. The van der Waals surface area contributed by atoms with Crippen molar-refractivity contribution in [3.8, 4) is 22.8 Å². The minimum absolute atomic E-state index is 0.0210. The van der Waals surface area contributed by atoms with Crippen LogP contribution in [0.1, 0.15) is 0 Å². The lowest BCUT2D eigenvalue weighted by atomic mass is 10.1. The van der Waals surface area contributed by atoms with Crippen molar-refractivity contribution in [2.45, 2.75) is 0 Å². The number of hydrogen-bond acceptors (Lipinski definition) is 5. The van der Waals surface area contributed by atoms with E-state index in [0.717, 1.165) is 0 Å². The highest BCUT2D eigenvalue weighted by atomic mass is 19.1. The summed E-state index contributed by atoms with van der Waals surface area (Å²) in [5.41, 5.74) is 0.376. The molecular weight excluding hydrogens is 303 g/mol. The van der Waals surface area contributed by atoms with E-state index < -0.39 is 10.7 Å². The van der Waals surface area contributed by atoms with Gasteiger partial charge in [0.15, 0.2) is 0 Å². The third-order valence-electron chi connectivity index (χ3n) is 3.26. The van der Waals surface area contributed by atoms with Gasteiger partial charge in [0.25, 0.3) is 0 Å². The van der Waals surface area contributed by atoms with Crippen molar-refractivity contribution in [2.75, 3.05) is 7.11 Å². The molecule has 0 bridgehead atoms. The predicted molar refractivity (Wildman–Crippen MR) is 80.0 cm³/mol. The molecule has 2 aromatic heterocycles. The summed E-state index contributed by atoms with van der Waals surface area (Å²) in [5, 5.41) is 15.2. The smallest absolute Gasteiger partial charge is 0.313 e. The average Bonchev–Trinajstić information content (AvgIpc) is 3.03. The molecule has 0 saturated heterocycles. The summed E-state index contributed by atoms with van der Waals surface area (Å²) < 4.78 is 20.5. The van der Waals surface area contributed by atoms with Crippen molar-refractivity contribution in [2.24, 2.45) is 0 Å². The molecule has 0 aliphatic heterocycles. The molecule has 0 aliphatic carbocycles. The second-order valence-corrected chi connectivity index (χ2v) is 4.58. The van der Waals surface area contributed by atoms with E-state index in [4.69, 9.17) is 4.74 Å². The Morgan fingerprint density at radius 2 is 2.09 bits per heavy atom. The first-order valence-electron chi connectivity index (χ1n) is 6.59. The van der Waals surface area contributed by atoms with E-state index in [-0.39, 0.29) is 17.1 Å². The molecule has 7 nitrogen and oxygen atoms in total. The van der Waals surface area contributed by atoms with Crippen molar-refractivity contribution >= 4 is 5.69 Å². The summed E-state index contributed by atoms with van der Waals surface area (Å²) in [4.78, 5) is 14.6. The van der Waals surface area contributed by atoms with E-state index in [1.54, 1.807) is 12.1 Å². The zero-order valence-corrected chi connectivity index (χ0v) is 12.0. The molecule has 3 aromatic rings. The summed E-state index contributed by atoms with van der Waals surface area (Å²) in [6.07, 6.45) is 2.84. The molecule has 0 fully saturated rings. The molecule has 0 saturated carbocycles. The minimum Gasteiger partial charge on any atom is -0.497 e. The van der Waals surface area contributed by atoms with Gasteiger partial charge in [-0.15, -0.1) is 0 Å².